The van der Waals surface area contributed by atoms with Crippen LogP contribution in [0.1, 0.15) is 42.1 Å². The van der Waals surface area contributed by atoms with E-state index in [-0.39, 0.29) is 24.5 Å². The molecule has 0 spiro atoms. The lowest BCUT2D eigenvalue weighted by Crippen LogP contribution is -2.35. The summed E-state index contributed by atoms with van der Waals surface area (Å²) in [5.41, 5.74) is 2.38. The summed E-state index contributed by atoms with van der Waals surface area (Å²) in [6.07, 6.45) is 2.47. The number of aliphatic hydroxyl groups excluding tert-OH is 1. The highest BCUT2D eigenvalue weighted by molar-refractivity contribution is 5.98. The number of anilines is 1. The number of rotatable bonds is 5. The van der Waals surface area contributed by atoms with Crippen molar-refractivity contribution in [3.05, 3.63) is 29.3 Å². The minimum Gasteiger partial charge on any atom is -0.396 e. The molecule has 5 heteroatoms. The zero-order valence-corrected chi connectivity index (χ0v) is 11.6. The van der Waals surface area contributed by atoms with Crippen molar-refractivity contribution in [2.45, 2.75) is 38.6 Å². The van der Waals surface area contributed by atoms with E-state index in [1.54, 1.807) is 12.1 Å². The van der Waals surface area contributed by atoms with Gasteiger partial charge in [-0.25, -0.2) is 0 Å². The van der Waals surface area contributed by atoms with Crippen molar-refractivity contribution in [2.75, 3.05) is 11.9 Å². The molecule has 0 saturated carbocycles. The highest BCUT2D eigenvalue weighted by atomic mass is 16.3. The van der Waals surface area contributed by atoms with Gasteiger partial charge in [-0.15, -0.1) is 0 Å². The molecule has 0 fully saturated rings. The molecule has 1 aliphatic rings. The quantitative estimate of drug-likeness (QED) is 0.762. The molecule has 5 nitrogen and oxygen atoms in total. The van der Waals surface area contributed by atoms with Crippen LogP contribution < -0.4 is 10.6 Å². The maximum absolute atomic E-state index is 12.2. The van der Waals surface area contributed by atoms with Crippen molar-refractivity contribution in [1.29, 1.82) is 0 Å². The van der Waals surface area contributed by atoms with Crippen LogP contribution in [0.25, 0.3) is 0 Å². The van der Waals surface area contributed by atoms with Crippen LogP contribution in [0, 0.1) is 0 Å². The second kappa shape index (κ2) is 6.52. The first kappa shape index (κ1) is 14.5. The number of amides is 2. The fourth-order valence-corrected chi connectivity index (χ4v) is 2.33. The monoisotopic (exact) mass is 276 g/mol. The summed E-state index contributed by atoms with van der Waals surface area (Å²) in [5.74, 6) is -0.117. The number of nitrogens with one attached hydrogen (secondary N) is 2. The average molecular weight is 276 g/mol. The number of hydrogen-bond donors (Lipinski definition) is 3. The molecule has 108 valence electrons. The number of aryl methyl sites for hydroxylation is 1. The van der Waals surface area contributed by atoms with E-state index in [4.69, 9.17) is 5.11 Å². The summed E-state index contributed by atoms with van der Waals surface area (Å²) in [4.78, 5) is 23.4. The van der Waals surface area contributed by atoms with Gasteiger partial charge in [-0.05, 0) is 43.0 Å². The van der Waals surface area contributed by atoms with Gasteiger partial charge >= 0.3 is 0 Å². The summed E-state index contributed by atoms with van der Waals surface area (Å²) in [7, 11) is 0. The Hall–Kier alpha value is -1.88. The number of fused-ring (bicyclic) bond motifs is 1. The maximum atomic E-state index is 12.2. The number of carbonyl (C=O) groups excluding carboxylic acids is 2. The first-order chi connectivity index (χ1) is 9.63. The van der Waals surface area contributed by atoms with Crippen LogP contribution in [0.4, 0.5) is 5.69 Å². The number of benzene rings is 1. The molecule has 1 aromatic rings. The Labute approximate surface area is 118 Å². The summed E-state index contributed by atoms with van der Waals surface area (Å²) in [5, 5.41) is 14.7. The lowest BCUT2D eigenvalue weighted by molar-refractivity contribution is -0.116. The minimum absolute atomic E-state index is 0.0109. The topological polar surface area (TPSA) is 78.4 Å². The Morgan fingerprint density at radius 1 is 1.45 bits per heavy atom. The van der Waals surface area contributed by atoms with Gasteiger partial charge in [0.2, 0.25) is 5.91 Å². The summed E-state index contributed by atoms with van der Waals surface area (Å²) < 4.78 is 0. The summed E-state index contributed by atoms with van der Waals surface area (Å²) in [6, 6.07) is 5.30. The van der Waals surface area contributed by atoms with Crippen LogP contribution >= 0.6 is 0 Å². The molecule has 1 atom stereocenters. The molecule has 3 N–H and O–H groups in total. The van der Waals surface area contributed by atoms with E-state index in [0.717, 1.165) is 17.7 Å². The lowest BCUT2D eigenvalue weighted by atomic mass is 10.00. The lowest BCUT2D eigenvalue weighted by Gasteiger charge is -2.19. The molecule has 0 aromatic heterocycles. The third-order valence-electron chi connectivity index (χ3n) is 3.57. The van der Waals surface area contributed by atoms with E-state index in [0.29, 0.717) is 24.8 Å². The first-order valence-electron chi connectivity index (χ1n) is 6.98. The largest absolute Gasteiger partial charge is 0.396 e. The average Bonchev–Trinajstić information content (AvgIpc) is 2.46. The Balaban J connectivity index is 2.09. The van der Waals surface area contributed by atoms with Crippen LogP contribution in [0.2, 0.25) is 0 Å². The molecule has 2 rings (SSSR count). The molecule has 20 heavy (non-hydrogen) atoms. The van der Waals surface area contributed by atoms with E-state index in [2.05, 4.69) is 10.6 Å². The fraction of sp³-hybridized carbons (Fsp3) is 0.467. The van der Waals surface area contributed by atoms with Crippen LogP contribution in [-0.2, 0) is 11.2 Å². The van der Waals surface area contributed by atoms with Crippen molar-refractivity contribution in [3.63, 3.8) is 0 Å². The predicted octanol–water partition coefficient (Wildman–Crippen LogP) is 1.46. The molecule has 1 heterocycles. The van der Waals surface area contributed by atoms with Crippen molar-refractivity contribution >= 4 is 17.5 Å². The van der Waals surface area contributed by atoms with Crippen LogP contribution in [-0.4, -0.2) is 29.6 Å². The Kier molecular flexibility index (Phi) is 4.74. The second-order valence-electron chi connectivity index (χ2n) is 5.01. The zero-order valence-electron chi connectivity index (χ0n) is 11.6. The van der Waals surface area contributed by atoms with Crippen molar-refractivity contribution < 1.29 is 14.7 Å². The van der Waals surface area contributed by atoms with Gasteiger partial charge in [0, 0.05) is 30.3 Å². The number of carbonyl (C=O) groups is 2. The van der Waals surface area contributed by atoms with Crippen LogP contribution in [0.5, 0.6) is 0 Å². The smallest absolute Gasteiger partial charge is 0.251 e. The molecular weight excluding hydrogens is 256 g/mol. The van der Waals surface area contributed by atoms with Crippen molar-refractivity contribution in [3.8, 4) is 0 Å². The molecule has 2 amide bonds. The molecule has 0 bridgehead atoms. The Morgan fingerprint density at radius 3 is 2.95 bits per heavy atom. The molecule has 0 saturated heterocycles. The molecule has 0 aliphatic carbocycles. The summed E-state index contributed by atoms with van der Waals surface area (Å²) in [6.45, 7) is 2.04. The molecule has 0 radical (unpaired) electrons. The molecular formula is C15H20N2O3. The Bertz CT molecular complexity index is 514. The zero-order chi connectivity index (χ0) is 14.5. The third-order valence-corrected chi connectivity index (χ3v) is 3.57. The van der Waals surface area contributed by atoms with E-state index < -0.39 is 0 Å². The van der Waals surface area contributed by atoms with E-state index in [9.17, 15) is 9.59 Å². The van der Waals surface area contributed by atoms with Crippen molar-refractivity contribution in [1.82, 2.24) is 5.32 Å². The normalized spacial score (nSPS) is 15.2. The molecule has 1 aromatic carbocycles. The fourth-order valence-electron chi connectivity index (χ4n) is 2.33. The van der Waals surface area contributed by atoms with Gasteiger partial charge in [0.1, 0.15) is 0 Å². The highest BCUT2D eigenvalue weighted by Gasteiger charge is 2.17. The third kappa shape index (κ3) is 3.36. The van der Waals surface area contributed by atoms with Gasteiger partial charge in [-0.1, -0.05) is 6.92 Å². The highest BCUT2D eigenvalue weighted by Crippen LogP contribution is 2.23. The second-order valence-corrected chi connectivity index (χ2v) is 5.01. The van der Waals surface area contributed by atoms with E-state index in [1.165, 1.54) is 0 Å². The van der Waals surface area contributed by atoms with Gasteiger partial charge in [0.25, 0.3) is 5.91 Å². The summed E-state index contributed by atoms with van der Waals surface area (Å²) >= 11 is 0. The van der Waals surface area contributed by atoms with E-state index in [1.807, 2.05) is 13.0 Å². The van der Waals surface area contributed by atoms with Crippen LogP contribution in [0.15, 0.2) is 18.2 Å². The van der Waals surface area contributed by atoms with E-state index >= 15 is 0 Å². The standard InChI is InChI=1S/C15H20N2O3/c1-2-12(7-8-18)16-15(20)11-3-5-13-10(9-11)4-6-14(19)17-13/h3,5,9,12,18H,2,4,6-8H2,1H3,(H,16,20)(H,17,19). The molecule has 1 unspecified atom stereocenters. The first-order valence-corrected chi connectivity index (χ1v) is 6.98. The minimum atomic E-state index is -0.134. The van der Waals surface area contributed by atoms with Gasteiger partial charge < -0.3 is 15.7 Å². The predicted molar refractivity (Wildman–Crippen MR) is 76.6 cm³/mol. The maximum Gasteiger partial charge on any atom is 0.251 e. The molecule has 1 aliphatic heterocycles. The van der Waals surface area contributed by atoms with Gasteiger partial charge in [0.05, 0.1) is 0 Å². The number of hydrogen-bond acceptors (Lipinski definition) is 3. The number of aliphatic hydroxyl groups is 1. The van der Waals surface area contributed by atoms with Gasteiger partial charge in [0.15, 0.2) is 0 Å². The van der Waals surface area contributed by atoms with Gasteiger partial charge in [-0.3, -0.25) is 9.59 Å². The SMILES string of the molecule is CCC(CCO)NC(=O)c1ccc2c(c1)CCC(=O)N2. The van der Waals surface area contributed by atoms with Crippen molar-refractivity contribution in [2.24, 2.45) is 0 Å². The van der Waals surface area contributed by atoms with Crippen LogP contribution in [0.3, 0.4) is 0 Å². The Morgan fingerprint density at radius 2 is 2.25 bits per heavy atom. The van der Waals surface area contributed by atoms with Gasteiger partial charge in [-0.2, -0.15) is 0 Å².